The zero-order valence-corrected chi connectivity index (χ0v) is 12.9. The number of aldehydes is 1. The van der Waals surface area contributed by atoms with Crippen molar-refractivity contribution in [1.82, 2.24) is 4.90 Å². The minimum Gasteiger partial charge on any atom is -0.298 e. The summed E-state index contributed by atoms with van der Waals surface area (Å²) in [4.78, 5) is 13.4. The van der Waals surface area contributed by atoms with Gasteiger partial charge in [0.25, 0.3) is 0 Å². The number of hydrogen-bond acceptors (Lipinski definition) is 2. The molecule has 2 aliphatic rings. The normalized spacial score (nSPS) is 32.2. The Morgan fingerprint density at radius 1 is 1.20 bits per heavy atom. The second kappa shape index (κ2) is 4.70. The van der Waals surface area contributed by atoms with E-state index in [2.05, 4.69) is 37.8 Å². The van der Waals surface area contributed by atoms with Gasteiger partial charge in [-0.15, -0.1) is 0 Å². The van der Waals surface area contributed by atoms with Crippen molar-refractivity contribution >= 4 is 6.29 Å². The van der Waals surface area contributed by atoms with Crippen molar-refractivity contribution in [2.24, 2.45) is 10.8 Å². The lowest BCUT2D eigenvalue weighted by Gasteiger charge is -2.40. The highest BCUT2D eigenvalue weighted by molar-refractivity contribution is 5.74. The molecule has 2 heteroatoms. The molecule has 1 aromatic carbocycles. The monoisotopic (exact) mass is 271 g/mol. The Bertz CT molecular complexity index is 505. The number of rotatable bonds is 3. The summed E-state index contributed by atoms with van der Waals surface area (Å²) in [5, 5.41) is 0. The quantitative estimate of drug-likeness (QED) is 0.777. The zero-order valence-electron chi connectivity index (χ0n) is 12.9. The lowest BCUT2D eigenvalue weighted by molar-refractivity contribution is 0.112. The minimum atomic E-state index is 0.480. The van der Waals surface area contributed by atoms with Crippen molar-refractivity contribution < 1.29 is 4.79 Å². The molecule has 2 unspecified atom stereocenters. The average Bonchev–Trinajstić information content (AvgIpc) is 2.59. The van der Waals surface area contributed by atoms with Crippen molar-refractivity contribution in [2.75, 3.05) is 6.54 Å². The van der Waals surface area contributed by atoms with Gasteiger partial charge in [0, 0.05) is 24.7 Å². The smallest absolute Gasteiger partial charge is 0.150 e. The Morgan fingerprint density at radius 3 is 2.55 bits per heavy atom. The molecule has 1 aliphatic carbocycles. The van der Waals surface area contributed by atoms with E-state index in [0.717, 1.165) is 24.4 Å². The molecule has 2 fully saturated rings. The molecule has 1 aliphatic heterocycles. The van der Waals surface area contributed by atoms with E-state index >= 15 is 0 Å². The third-order valence-corrected chi connectivity index (χ3v) is 5.02. The summed E-state index contributed by atoms with van der Waals surface area (Å²) in [6, 6.07) is 8.78. The molecule has 1 aromatic rings. The molecule has 1 saturated heterocycles. The maximum absolute atomic E-state index is 10.7. The van der Waals surface area contributed by atoms with Crippen molar-refractivity contribution in [2.45, 2.75) is 52.6 Å². The lowest BCUT2D eigenvalue weighted by atomic mass is 9.65. The molecule has 1 saturated carbocycles. The van der Waals surface area contributed by atoms with Crippen LogP contribution in [0, 0.1) is 10.8 Å². The minimum absolute atomic E-state index is 0.480. The van der Waals surface area contributed by atoms with Crippen LogP contribution in [0.2, 0.25) is 0 Å². The van der Waals surface area contributed by atoms with Gasteiger partial charge >= 0.3 is 0 Å². The number of fused-ring (bicyclic) bond motifs is 2. The summed E-state index contributed by atoms with van der Waals surface area (Å²) in [5.41, 5.74) is 3.06. The molecule has 3 rings (SSSR count). The summed E-state index contributed by atoms with van der Waals surface area (Å²) in [5.74, 6) is 0. The van der Waals surface area contributed by atoms with Crippen LogP contribution in [0.3, 0.4) is 0 Å². The average molecular weight is 271 g/mol. The largest absolute Gasteiger partial charge is 0.298 e. The maximum Gasteiger partial charge on any atom is 0.150 e. The second-order valence-electron chi connectivity index (χ2n) is 7.98. The van der Waals surface area contributed by atoms with E-state index in [9.17, 15) is 4.79 Å². The first-order chi connectivity index (χ1) is 9.39. The topological polar surface area (TPSA) is 20.3 Å². The van der Waals surface area contributed by atoms with E-state index in [1.807, 2.05) is 12.1 Å². The molecular weight excluding hydrogens is 246 g/mol. The molecule has 0 radical (unpaired) electrons. The third-order valence-electron chi connectivity index (χ3n) is 5.02. The molecule has 108 valence electrons. The highest BCUT2D eigenvalue weighted by Gasteiger charge is 2.49. The standard InChI is InChI=1S/C18H25NO/c1-17(2)8-16-9-18(3,12-17)13-19(16)10-14-4-6-15(11-20)7-5-14/h4-7,11,16H,8-10,12-13H2,1-3H3. The Kier molecular flexibility index (Phi) is 3.24. The third kappa shape index (κ3) is 2.67. The number of hydrogen-bond donors (Lipinski definition) is 0. The highest BCUT2D eigenvalue weighted by Crippen LogP contribution is 2.52. The second-order valence-corrected chi connectivity index (χ2v) is 7.98. The van der Waals surface area contributed by atoms with Crippen LogP contribution in [0.1, 0.15) is 56.0 Å². The van der Waals surface area contributed by atoms with Gasteiger partial charge in [-0.1, -0.05) is 45.0 Å². The summed E-state index contributed by atoms with van der Waals surface area (Å²) < 4.78 is 0. The molecule has 2 bridgehead atoms. The predicted octanol–water partition coefficient (Wildman–Crippen LogP) is 3.90. The summed E-state index contributed by atoms with van der Waals surface area (Å²) >= 11 is 0. The summed E-state index contributed by atoms with van der Waals surface area (Å²) in [7, 11) is 0. The van der Waals surface area contributed by atoms with E-state index in [-0.39, 0.29) is 0 Å². The molecule has 20 heavy (non-hydrogen) atoms. The van der Waals surface area contributed by atoms with E-state index in [1.165, 1.54) is 31.4 Å². The number of carbonyl (C=O) groups excluding carboxylic acids is 1. The van der Waals surface area contributed by atoms with E-state index in [0.29, 0.717) is 10.8 Å². The molecule has 1 heterocycles. The van der Waals surface area contributed by atoms with Crippen LogP contribution in [-0.4, -0.2) is 23.8 Å². The van der Waals surface area contributed by atoms with E-state index in [1.54, 1.807) is 0 Å². The molecular formula is C18H25NO. The summed E-state index contributed by atoms with van der Waals surface area (Å²) in [6.07, 6.45) is 4.92. The van der Waals surface area contributed by atoms with Crippen molar-refractivity contribution in [3.63, 3.8) is 0 Å². The fourth-order valence-corrected chi connectivity index (χ4v) is 4.70. The van der Waals surface area contributed by atoms with Crippen molar-refractivity contribution in [3.05, 3.63) is 35.4 Å². The van der Waals surface area contributed by atoms with E-state index < -0.39 is 0 Å². The molecule has 0 amide bonds. The van der Waals surface area contributed by atoms with Gasteiger partial charge in [0.05, 0.1) is 0 Å². The SMILES string of the molecule is CC1(C)CC2CC(C)(CN2Cc2ccc(C=O)cc2)C1. The van der Waals surface area contributed by atoms with Crippen molar-refractivity contribution in [1.29, 1.82) is 0 Å². The lowest BCUT2D eigenvalue weighted by Crippen LogP contribution is -2.34. The van der Waals surface area contributed by atoms with Crippen LogP contribution in [0.25, 0.3) is 0 Å². The van der Waals surface area contributed by atoms with Gasteiger partial charge < -0.3 is 0 Å². The number of carbonyl (C=O) groups is 1. The van der Waals surface area contributed by atoms with Gasteiger partial charge in [-0.2, -0.15) is 0 Å². The van der Waals surface area contributed by atoms with Crippen LogP contribution in [0.15, 0.2) is 24.3 Å². The Labute approximate surface area is 122 Å². The van der Waals surface area contributed by atoms with Gasteiger partial charge in [0.15, 0.2) is 0 Å². The Balaban J connectivity index is 1.74. The fraction of sp³-hybridized carbons (Fsp3) is 0.611. The first-order valence-corrected chi connectivity index (χ1v) is 7.67. The Hall–Kier alpha value is -1.15. The van der Waals surface area contributed by atoms with Gasteiger partial charge in [0.1, 0.15) is 6.29 Å². The molecule has 0 N–H and O–H groups in total. The fourth-order valence-electron chi connectivity index (χ4n) is 4.70. The Morgan fingerprint density at radius 2 is 1.90 bits per heavy atom. The highest BCUT2D eigenvalue weighted by atomic mass is 16.1. The van der Waals surface area contributed by atoms with Crippen LogP contribution in [-0.2, 0) is 6.54 Å². The van der Waals surface area contributed by atoms with Crippen LogP contribution >= 0.6 is 0 Å². The first kappa shape index (κ1) is 13.8. The molecule has 0 spiro atoms. The molecule has 2 nitrogen and oxygen atoms in total. The van der Waals surface area contributed by atoms with E-state index in [4.69, 9.17) is 0 Å². The number of benzene rings is 1. The van der Waals surface area contributed by atoms with Crippen molar-refractivity contribution in [3.8, 4) is 0 Å². The van der Waals surface area contributed by atoms with Gasteiger partial charge in [-0.25, -0.2) is 0 Å². The first-order valence-electron chi connectivity index (χ1n) is 7.67. The maximum atomic E-state index is 10.7. The molecule has 0 aromatic heterocycles. The van der Waals surface area contributed by atoms with Crippen LogP contribution in [0.4, 0.5) is 0 Å². The van der Waals surface area contributed by atoms with Crippen LogP contribution in [0.5, 0.6) is 0 Å². The van der Waals surface area contributed by atoms with Gasteiger partial charge in [-0.3, -0.25) is 9.69 Å². The number of likely N-dealkylation sites (tertiary alicyclic amines) is 1. The van der Waals surface area contributed by atoms with Gasteiger partial charge in [0.2, 0.25) is 0 Å². The summed E-state index contributed by atoms with van der Waals surface area (Å²) in [6.45, 7) is 9.53. The molecule has 2 atom stereocenters. The van der Waals surface area contributed by atoms with Gasteiger partial charge in [-0.05, 0) is 35.7 Å². The zero-order chi connectivity index (χ0) is 14.4. The predicted molar refractivity (Wildman–Crippen MR) is 81.8 cm³/mol. The van der Waals surface area contributed by atoms with Crippen LogP contribution < -0.4 is 0 Å². The number of nitrogens with zero attached hydrogens (tertiary/aromatic N) is 1.